The number of nitrogens with one attached hydrogen (secondary N) is 1. The molecule has 16 heavy (non-hydrogen) atoms. The molecule has 88 valence electrons. The molecule has 0 radical (unpaired) electrons. The van der Waals surface area contributed by atoms with E-state index < -0.39 is 0 Å². The zero-order valence-electron chi connectivity index (χ0n) is 9.95. The van der Waals surface area contributed by atoms with Gasteiger partial charge >= 0.3 is 0 Å². The molecule has 1 fully saturated rings. The molecule has 0 bridgehead atoms. The molecule has 1 aliphatic rings. The van der Waals surface area contributed by atoms with Gasteiger partial charge in [-0.05, 0) is 42.9 Å². The molecule has 0 aromatic heterocycles. The number of hydrogen-bond donors (Lipinski definition) is 2. The average molecular weight is 219 g/mol. The van der Waals surface area contributed by atoms with E-state index in [0.717, 1.165) is 32.4 Å². The molecule has 1 aliphatic carbocycles. The lowest BCUT2D eigenvalue weighted by atomic mass is 9.82. The Morgan fingerprint density at radius 3 is 2.56 bits per heavy atom. The first-order chi connectivity index (χ1) is 7.79. The molecule has 1 aromatic carbocycles. The van der Waals surface area contributed by atoms with Gasteiger partial charge in [0.15, 0.2) is 0 Å². The Kier molecular flexibility index (Phi) is 3.97. The first kappa shape index (κ1) is 11.6. The van der Waals surface area contributed by atoms with Gasteiger partial charge in [-0.2, -0.15) is 0 Å². The van der Waals surface area contributed by atoms with E-state index in [1.54, 1.807) is 0 Å². The second-order valence-electron chi connectivity index (χ2n) is 4.74. The van der Waals surface area contributed by atoms with Crippen LogP contribution in [0.3, 0.4) is 0 Å². The van der Waals surface area contributed by atoms with Gasteiger partial charge in [0.05, 0.1) is 6.10 Å². The highest BCUT2D eigenvalue weighted by atomic mass is 16.3. The molecule has 1 saturated carbocycles. The highest BCUT2D eigenvalue weighted by molar-refractivity contribution is 5.26. The van der Waals surface area contributed by atoms with E-state index in [0.29, 0.717) is 5.92 Å². The fourth-order valence-electron chi connectivity index (χ4n) is 2.35. The SMILES string of the molecule is CCc1ccccc1CNCC1CC(O)C1. The van der Waals surface area contributed by atoms with E-state index in [1.165, 1.54) is 11.1 Å². The predicted octanol–water partition coefficient (Wildman–Crippen LogP) is 2.11. The van der Waals surface area contributed by atoms with Crippen molar-refractivity contribution in [1.82, 2.24) is 5.32 Å². The zero-order valence-corrected chi connectivity index (χ0v) is 9.95. The number of aryl methyl sites for hydroxylation is 1. The van der Waals surface area contributed by atoms with E-state index >= 15 is 0 Å². The van der Waals surface area contributed by atoms with Gasteiger partial charge in [0, 0.05) is 6.54 Å². The van der Waals surface area contributed by atoms with Crippen LogP contribution in [0.4, 0.5) is 0 Å². The Morgan fingerprint density at radius 1 is 1.25 bits per heavy atom. The third-order valence-corrected chi connectivity index (χ3v) is 3.46. The summed E-state index contributed by atoms with van der Waals surface area (Å²) < 4.78 is 0. The van der Waals surface area contributed by atoms with Gasteiger partial charge < -0.3 is 10.4 Å². The number of hydrogen-bond acceptors (Lipinski definition) is 2. The van der Waals surface area contributed by atoms with Crippen molar-refractivity contribution in [2.45, 2.75) is 38.8 Å². The van der Waals surface area contributed by atoms with Gasteiger partial charge in [0.1, 0.15) is 0 Å². The third-order valence-electron chi connectivity index (χ3n) is 3.46. The van der Waals surface area contributed by atoms with Crippen molar-refractivity contribution in [2.75, 3.05) is 6.54 Å². The molecule has 0 aliphatic heterocycles. The van der Waals surface area contributed by atoms with Crippen molar-refractivity contribution < 1.29 is 5.11 Å². The molecule has 0 heterocycles. The average Bonchev–Trinajstić information content (AvgIpc) is 2.27. The Bertz CT molecular complexity index is 331. The van der Waals surface area contributed by atoms with E-state index in [-0.39, 0.29) is 6.10 Å². The van der Waals surface area contributed by atoms with Crippen LogP contribution in [0, 0.1) is 5.92 Å². The summed E-state index contributed by atoms with van der Waals surface area (Å²) in [6, 6.07) is 8.60. The number of benzene rings is 1. The van der Waals surface area contributed by atoms with Gasteiger partial charge in [-0.15, -0.1) is 0 Å². The summed E-state index contributed by atoms with van der Waals surface area (Å²) in [5.74, 6) is 0.684. The Morgan fingerprint density at radius 2 is 1.94 bits per heavy atom. The number of aliphatic hydroxyl groups is 1. The van der Waals surface area contributed by atoms with E-state index in [2.05, 4.69) is 36.5 Å². The summed E-state index contributed by atoms with van der Waals surface area (Å²) in [6.45, 7) is 4.19. The molecule has 2 nitrogen and oxygen atoms in total. The van der Waals surface area contributed by atoms with Crippen molar-refractivity contribution in [3.63, 3.8) is 0 Å². The summed E-state index contributed by atoms with van der Waals surface area (Å²) in [5, 5.41) is 12.7. The highest BCUT2D eigenvalue weighted by Crippen LogP contribution is 2.26. The van der Waals surface area contributed by atoms with E-state index in [1.807, 2.05) is 0 Å². The van der Waals surface area contributed by atoms with Crippen LogP contribution in [-0.2, 0) is 13.0 Å². The zero-order chi connectivity index (χ0) is 11.4. The molecule has 0 atom stereocenters. The molecule has 0 amide bonds. The van der Waals surface area contributed by atoms with Gasteiger partial charge in [0.25, 0.3) is 0 Å². The van der Waals surface area contributed by atoms with Crippen LogP contribution in [0.15, 0.2) is 24.3 Å². The van der Waals surface area contributed by atoms with Crippen molar-refractivity contribution in [1.29, 1.82) is 0 Å². The first-order valence-corrected chi connectivity index (χ1v) is 6.25. The van der Waals surface area contributed by atoms with Gasteiger partial charge in [-0.1, -0.05) is 31.2 Å². The predicted molar refractivity (Wildman–Crippen MR) is 66.3 cm³/mol. The number of rotatable bonds is 5. The lowest BCUT2D eigenvalue weighted by Crippen LogP contribution is -2.36. The summed E-state index contributed by atoms with van der Waals surface area (Å²) >= 11 is 0. The molecule has 2 N–H and O–H groups in total. The van der Waals surface area contributed by atoms with Gasteiger partial charge in [-0.3, -0.25) is 0 Å². The lowest BCUT2D eigenvalue weighted by Gasteiger charge is -2.31. The summed E-state index contributed by atoms with van der Waals surface area (Å²) in [5.41, 5.74) is 2.84. The quantitative estimate of drug-likeness (QED) is 0.795. The topological polar surface area (TPSA) is 32.3 Å². The highest BCUT2D eigenvalue weighted by Gasteiger charge is 2.26. The summed E-state index contributed by atoms with van der Waals surface area (Å²) in [4.78, 5) is 0. The Hall–Kier alpha value is -0.860. The van der Waals surface area contributed by atoms with Crippen molar-refractivity contribution in [3.05, 3.63) is 35.4 Å². The van der Waals surface area contributed by atoms with Gasteiger partial charge in [-0.25, -0.2) is 0 Å². The van der Waals surface area contributed by atoms with Crippen LogP contribution >= 0.6 is 0 Å². The van der Waals surface area contributed by atoms with Gasteiger partial charge in [0.2, 0.25) is 0 Å². The van der Waals surface area contributed by atoms with Crippen molar-refractivity contribution in [3.8, 4) is 0 Å². The van der Waals surface area contributed by atoms with Crippen LogP contribution in [-0.4, -0.2) is 17.8 Å². The smallest absolute Gasteiger partial charge is 0.0546 e. The normalized spacial score (nSPS) is 24.1. The largest absolute Gasteiger partial charge is 0.393 e. The molecule has 0 saturated heterocycles. The fourth-order valence-corrected chi connectivity index (χ4v) is 2.35. The molecule has 0 unspecified atom stereocenters. The molecule has 0 spiro atoms. The third kappa shape index (κ3) is 2.83. The minimum atomic E-state index is -0.0327. The van der Waals surface area contributed by atoms with Crippen molar-refractivity contribution >= 4 is 0 Å². The maximum Gasteiger partial charge on any atom is 0.0546 e. The monoisotopic (exact) mass is 219 g/mol. The second-order valence-corrected chi connectivity index (χ2v) is 4.74. The number of aliphatic hydroxyl groups excluding tert-OH is 1. The molecule has 2 rings (SSSR count). The lowest BCUT2D eigenvalue weighted by molar-refractivity contribution is 0.0429. The van der Waals surface area contributed by atoms with Crippen LogP contribution < -0.4 is 5.32 Å². The maximum atomic E-state index is 9.19. The standard InChI is InChI=1S/C14H21NO/c1-2-12-5-3-4-6-13(12)10-15-9-11-7-14(16)8-11/h3-6,11,14-16H,2,7-10H2,1H3. The first-order valence-electron chi connectivity index (χ1n) is 6.25. The Labute approximate surface area is 97.7 Å². The Balaban J connectivity index is 1.76. The van der Waals surface area contributed by atoms with Crippen LogP contribution in [0.25, 0.3) is 0 Å². The van der Waals surface area contributed by atoms with E-state index in [9.17, 15) is 5.11 Å². The summed E-state index contributed by atoms with van der Waals surface area (Å²) in [6.07, 6.45) is 3.01. The van der Waals surface area contributed by atoms with Crippen molar-refractivity contribution in [2.24, 2.45) is 5.92 Å². The molecule has 2 heteroatoms. The summed E-state index contributed by atoms with van der Waals surface area (Å²) in [7, 11) is 0. The molecular formula is C14H21NO. The van der Waals surface area contributed by atoms with E-state index in [4.69, 9.17) is 0 Å². The maximum absolute atomic E-state index is 9.19. The van der Waals surface area contributed by atoms with Crippen LogP contribution in [0.5, 0.6) is 0 Å². The van der Waals surface area contributed by atoms with Crippen LogP contribution in [0.1, 0.15) is 30.9 Å². The fraction of sp³-hybridized carbons (Fsp3) is 0.571. The van der Waals surface area contributed by atoms with Crippen LogP contribution in [0.2, 0.25) is 0 Å². The minimum Gasteiger partial charge on any atom is -0.393 e. The molecule has 1 aromatic rings. The molecular weight excluding hydrogens is 198 g/mol. The second kappa shape index (κ2) is 5.46. The minimum absolute atomic E-state index is 0.0327.